The fraction of sp³-hybridized carbons (Fsp3) is 0.300. The smallest absolute Gasteiger partial charge is 0.395 e. The van der Waals surface area contributed by atoms with Gasteiger partial charge in [0.1, 0.15) is 4.62 Å². The third-order valence-electron chi connectivity index (χ3n) is 2.43. The number of halogens is 3. The van der Waals surface area contributed by atoms with E-state index < -0.39 is 6.29 Å². The molecule has 0 radical (unpaired) electrons. The normalized spacial score (nSPS) is 24.4. The van der Waals surface area contributed by atoms with Gasteiger partial charge in [0.2, 0.25) is 0 Å². The summed E-state index contributed by atoms with van der Waals surface area (Å²) in [5.74, 6) is 0.0378. The summed E-state index contributed by atoms with van der Waals surface area (Å²) in [4.78, 5) is 5.12. The molecule has 0 amide bonds. The highest BCUT2D eigenvalue weighted by molar-refractivity contribution is 9.18. The van der Waals surface area contributed by atoms with Crippen molar-refractivity contribution in [1.29, 1.82) is 0 Å². The summed E-state index contributed by atoms with van der Waals surface area (Å²) in [6, 6.07) is 4.55. The number of fused-ring (bicyclic) bond motifs is 1. The number of alkyl halides is 2. The Morgan fingerprint density at radius 2 is 2.06 bits per heavy atom. The quantitative estimate of drug-likeness (QED) is 0.800. The molecule has 1 atom stereocenters. The van der Waals surface area contributed by atoms with E-state index in [4.69, 9.17) is 4.84 Å². The van der Waals surface area contributed by atoms with Gasteiger partial charge in [0.05, 0.1) is 0 Å². The zero-order valence-electron chi connectivity index (χ0n) is 8.32. The van der Waals surface area contributed by atoms with E-state index in [2.05, 4.69) is 30.6 Å². The second-order valence-electron chi connectivity index (χ2n) is 3.64. The number of benzene rings is 1. The fourth-order valence-electron chi connectivity index (χ4n) is 1.69. The van der Waals surface area contributed by atoms with E-state index >= 15 is 0 Å². The lowest BCUT2D eigenvalue weighted by atomic mass is 10.1. The monoisotopic (exact) mass is 305 g/mol. The summed E-state index contributed by atoms with van der Waals surface area (Å²) in [5, 5.41) is 3.73. The van der Waals surface area contributed by atoms with E-state index in [1.165, 1.54) is 12.1 Å². The summed E-state index contributed by atoms with van der Waals surface area (Å²) in [7, 11) is 0. The zero-order chi connectivity index (χ0) is 12.0. The second kappa shape index (κ2) is 3.56. The Kier molecular flexibility index (Phi) is 2.25. The van der Waals surface area contributed by atoms with Gasteiger partial charge < -0.3 is 14.3 Å². The SMILES string of the molecule is FC1(F)Oc2ccc([C@@H]3CC(Br)=NO3)cc2O1. The molecule has 3 rings (SSSR count). The number of nitrogens with zero attached hydrogens (tertiary/aromatic N) is 1. The van der Waals surface area contributed by atoms with Crippen molar-refractivity contribution in [3.8, 4) is 11.5 Å². The summed E-state index contributed by atoms with van der Waals surface area (Å²) >= 11 is 3.21. The molecule has 90 valence electrons. The topological polar surface area (TPSA) is 40.0 Å². The van der Waals surface area contributed by atoms with E-state index in [9.17, 15) is 8.78 Å². The Morgan fingerprint density at radius 3 is 2.76 bits per heavy atom. The average molecular weight is 306 g/mol. The van der Waals surface area contributed by atoms with Gasteiger partial charge in [0.15, 0.2) is 17.6 Å². The van der Waals surface area contributed by atoms with Gasteiger partial charge >= 0.3 is 6.29 Å². The van der Waals surface area contributed by atoms with Crippen LogP contribution in [0, 0.1) is 0 Å². The van der Waals surface area contributed by atoms with Crippen LogP contribution in [0.2, 0.25) is 0 Å². The number of hydrogen-bond acceptors (Lipinski definition) is 4. The number of hydrogen-bond donors (Lipinski definition) is 0. The molecular formula is C10H6BrF2NO3. The molecule has 0 N–H and O–H groups in total. The lowest BCUT2D eigenvalue weighted by molar-refractivity contribution is -0.286. The van der Waals surface area contributed by atoms with Gasteiger partial charge in [-0.15, -0.1) is 8.78 Å². The molecule has 0 spiro atoms. The third kappa shape index (κ3) is 1.95. The minimum absolute atomic E-state index is 0.0131. The van der Waals surface area contributed by atoms with Crippen LogP contribution in [0.1, 0.15) is 18.1 Å². The molecule has 0 unspecified atom stereocenters. The van der Waals surface area contributed by atoms with Crippen molar-refractivity contribution in [2.45, 2.75) is 18.8 Å². The molecule has 4 nitrogen and oxygen atoms in total. The molecule has 0 saturated heterocycles. The van der Waals surface area contributed by atoms with Crippen molar-refractivity contribution >= 4 is 20.6 Å². The lowest BCUT2D eigenvalue weighted by Gasteiger charge is -2.08. The Bertz CT molecular complexity index is 506. The van der Waals surface area contributed by atoms with Crippen molar-refractivity contribution in [1.82, 2.24) is 0 Å². The number of ether oxygens (including phenoxy) is 2. The average Bonchev–Trinajstić information content (AvgIpc) is 2.78. The highest BCUT2D eigenvalue weighted by Gasteiger charge is 2.43. The highest BCUT2D eigenvalue weighted by atomic mass is 79.9. The summed E-state index contributed by atoms with van der Waals surface area (Å²) in [5.41, 5.74) is 0.711. The summed E-state index contributed by atoms with van der Waals surface area (Å²) in [6.07, 6.45) is -3.31. The van der Waals surface area contributed by atoms with Crippen LogP contribution in [0.25, 0.3) is 0 Å². The lowest BCUT2D eigenvalue weighted by Crippen LogP contribution is -2.25. The largest absolute Gasteiger partial charge is 0.586 e. The van der Waals surface area contributed by atoms with Gasteiger partial charge in [0, 0.05) is 6.42 Å². The second-order valence-corrected chi connectivity index (χ2v) is 4.55. The minimum atomic E-state index is -3.59. The molecule has 2 heterocycles. The van der Waals surface area contributed by atoms with Gasteiger partial charge in [-0.2, -0.15) is 0 Å². The summed E-state index contributed by atoms with van der Waals surface area (Å²) < 4.78 is 34.9. The Hall–Kier alpha value is -1.37. The molecule has 1 aromatic carbocycles. The van der Waals surface area contributed by atoms with Crippen molar-refractivity contribution in [2.75, 3.05) is 0 Å². The van der Waals surface area contributed by atoms with Gasteiger partial charge in [0.25, 0.3) is 0 Å². The Morgan fingerprint density at radius 1 is 1.29 bits per heavy atom. The Balaban J connectivity index is 1.86. The van der Waals surface area contributed by atoms with Crippen LogP contribution in [0.4, 0.5) is 8.78 Å². The van der Waals surface area contributed by atoms with Crippen LogP contribution in [0.3, 0.4) is 0 Å². The van der Waals surface area contributed by atoms with Crippen LogP contribution >= 0.6 is 15.9 Å². The highest BCUT2D eigenvalue weighted by Crippen LogP contribution is 2.43. The predicted molar refractivity (Wildman–Crippen MR) is 57.5 cm³/mol. The first kappa shape index (κ1) is 10.8. The van der Waals surface area contributed by atoms with Crippen molar-refractivity contribution < 1.29 is 23.1 Å². The van der Waals surface area contributed by atoms with Crippen LogP contribution in [-0.2, 0) is 4.84 Å². The maximum atomic E-state index is 12.8. The van der Waals surface area contributed by atoms with Gasteiger partial charge in [-0.25, -0.2) is 0 Å². The molecule has 1 aromatic rings. The molecular weight excluding hydrogens is 300 g/mol. The molecule has 0 bridgehead atoms. The maximum absolute atomic E-state index is 12.8. The van der Waals surface area contributed by atoms with E-state index in [1.54, 1.807) is 6.07 Å². The molecule has 2 aliphatic heterocycles. The first-order valence-electron chi connectivity index (χ1n) is 4.81. The zero-order valence-corrected chi connectivity index (χ0v) is 9.91. The van der Waals surface area contributed by atoms with E-state index in [1.807, 2.05) is 0 Å². The molecule has 0 fully saturated rings. The molecule has 0 aromatic heterocycles. The van der Waals surface area contributed by atoms with Crippen LogP contribution in [0.15, 0.2) is 23.4 Å². The van der Waals surface area contributed by atoms with Gasteiger partial charge in [-0.3, -0.25) is 0 Å². The van der Waals surface area contributed by atoms with Crippen molar-refractivity contribution in [2.24, 2.45) is 5.16 Å². The minimum Gasteiger partial charge on any atom is -0.395 e. The third-order valence-corrected chi connectivity index (χ3v) is 2.90. The van der Waals surface area contributed by atoms with E-state index in [0.717, 1.165) is 0 Å². The fourth-order valence-corrected chi connectivity index (χ4v) is 2.07. The first-order chi connectivity index (χ1) is 8.03. The van der Waals surface area contributed by atoms with Gasteiger partial charge in [-0.1, -0.05) is 11.2 Å². The predicted octanol–water partition coefficient (Wildman–Crippen LogP) is 3.18. The van der Waals surface area contributed by atoms with E-state index in [-0.39, 0.29) is 17.6 Å². The molecule has 0 aliphatic carbocycles. The number of oxime groups is 1. The van der Waals surface area contributed by atoms with Crippen LogP contribution < -0.4 is 9.47 Å². The first-order valence-corrected chi connectivity index (χ1v) is 5.61. The molecule has 2 aliphatic rings. The maximum Gasteiger partial charge on any atom is 0.586 e. The Labute approximate surface area is 103 Å². The standard InChI is InChI=1S/C10H6BrF2NO3/c11-9-4-7(17-14-9)5-1-2-6-8(3-5)16-10(12,13)15-6/h1-3,7H,4H2/t7-/m0/s1. The van der Waals surface area contributed by atoms with E-state index in [0.29, 0.717) is 16.6 Å². The van der Waals surface area contributed by atoms with Crippen LogP contribution in [0.5, 0.6) is 11.5 Å². The molecule has 7 heteroatoms. The molecule has 17 heavy (non-hydrogen) atoms. The number of rotatable bonds is 1. The molecule has 0 saturated carbocycles. The van der Waals surface area contributed by atoms with Crippen LogP contribution in [-0.4, -0.2) is 10.9 Å². The van der Waals surface area contributed by atoms with Crippen molar-refractivity contribution in [3.05, 3.63) is 23.8 Å². The van der Waals surface area contributed by atoms with Crippen molar-refractivity contribution in [3.63, 3.8) is 0 Å². The summed E-state index contributed by atoms with van der Waals surface area (Å²) in [6.45, 7) is 0. The van der Waals surface area contributed by atoms with Gasteiger partial charge in [-0.05, 0) is 33.6 Å².